The molecule has 2 heterocycles. The van der Waals surface area contributed by atoms with E-state index in [1.165, 1.54) is 35.2 Å². The molecule has 0 N–H and O–H groups in total. The van der Waals surface area contributed by atoms with Crippen LogP contribution in [0.4, 0.5) is 30.2 Å². The number of alkyl halides is 3. The molecule has 182 valence electrons. The number of rotatable bonds is 5. The van der Waals surface area contributed by atoms with E-state index in [4.69, 9.17) is 4.42 Å². The van der Waals surface area contributed by atoms with Gasteiger partial charge in [-0.15, -0.1) is 0 Å². The van der Waals surface area contributed by atoms with E-state index in [1.54, 1.807) is 11.0 Å². The fourth-order valence-electron chi connectivity index (χ4n) is 3.86. The Morgan fingerprint density at radius 2 is 1.54 bits per heavy atom. The Bertz CT molecular complexity index is 1300. The lowest BCUT2D eigenvalue weighted by atomic mass is 10.1. The molecule has 13 heteroatoms. The molecule has 0 bridgehead atoms. The highest BCUT2D eigenvalue weighted by molar-refractivity contribution is 5.92. The van der Waals surface area contributed by atoms with Crippen molar-refractivity contribution in [2.75, 3.05) is 31.1 Å². The Morgan fingerprint density at radius 1 is 0.886 bits per heavy atom. The van der Waals surface area contributed by atoms with Crippen molar-refractivity contribution in [3.8, 4) is 11.3 Å². The second kappa shape index (κ2) is 9.08. The average Bonchev–Trinajstić information content (AvgIpc) is 3.33. The second-order valence-electron chi connectivity index (χ2n) is 7.68. The van der Waals surface area contributed by atoms with E-state index in [0.29, 0.717) is 6.07 Å². The van der Waals surface area contributed by atoms with Crippen LogP contribution in [0.5, 0.6) is 0 Å². The Morgan fingerprint density at radius 3 is 2.17 bits per heavy atom. The van der Waals surface area contributed by atoms with E-state index < -0.39 is 33.2 Å². The number of carbonyl (C=O) groups is 1. The second-order valence-corrected chi connectivity index (χ2v) is 7.68. The minimum absolute atomic E-state index is 0.0340. The van der Waals surface area contributed by atoms with Crippen molar-refractivity contribution in [1.82, 2.24) is 4.90 Å². The number of halogens is 3. The summed E-state index contributed by atoms with van der Waals surface area (Å²) >= 11 is 0. The first-order valence-corrected chi connectivity index (χ1v) is 10.3. The highest BCUT2D eigenvalue weighted by Crippen LogP contribution is 2.37. The molecule has 0 saturated carbocycles. The van der Waals surface area contributed by atoms with Crippen LogP contribution < -0.4 is 4.90 Å². The first-order chi connectivity index (χ1) is 16.6. The normalized spacial score (nSPS) is 14.1. The summed E-state index contributed by atoms with van der Waals surface area (Å²) in [6.07, 6.45) is -4.71. The third-order valence-corrected chi connectivity index (χ3v) is 5.59. The first kappa shape index (κ1) is 23.7. The summed E-state index contributed by atoms with van der Waals surface area (Å²) in [5, 5.41) is 22.6. The standard InChI is InChI=1S/C22H17F3N4O6/c23-22(24,25)14-5-6-17(18(13-14)29(33)34)26-9-11-27(12-10-26)21(30)20-8-7-19(35-20)15-3-1-2-4-16(15)28(31)32/h1-8,13H,9-12H2. The lowest BCUT2D eigenvalue weighted by Gasteiger charge is -2.35. The van der Waals surface area contributed by atoms with E-state index in [2.05, 4.69) is 0 Å². The van der Waals surface area contributed by atoms with E-state index in [0.717, 1.165) is 12.1 Å². The molecule has 0 atom stereocenters. The average molecular weight is 490 g/mol. The Hall–Kier alpha value is -4.42. The van der Waals surface area contributed by atoms with Crippen molar-refractivity contribution < 1.29 is 32.2 Å². The SMILES string of the molecule is O=C(c1ccc(-c2ccccc2[N+](=O)[O-])o1)N1CCN(c2ccc(C(F)(F)F)cc2[N+](=O)[O-])CC1. The maximum Gasteiger partial charge on any atom is 0.416 e. The van der Waals surface area contributed by atoms with Gasteiger partial charge in [0.25, 0.3) is 17.3 Å². The number of amides is 1. The molecule has 1 aliphatic heterocycles. The van der Waals surface area contributed by atoms with Crippen LogP contribution in [0.15, 0.2) is 59.0 Å². The van der Waals surface area contributed by atoms with Gasteiger partial charge in [0.15, 0.2) is 5.76 Å². The zero-order valence-electron chi connectivity index (χ0n) is 17.9. The van der Waals surface area contributed by atoms with Gasteiger partial charge in [0, 0.05) is 38.3 Å². The molecule has 1 aliphatic rings. The number of furan rings is 1. The number of carbonyl (C=O) groups excluding carboxylic acids is 1. The number of nitro groups is 2. The van der Waals surface area contributed by atoms with Crippen LogP contribution in [-0.2, 0) is 6.18 Å². The van der Waals surface area contributed by atoms with Crippen LogP contribution in [0.1, 0.15) is 16.1 Å². The quantitative estimate of drug-likeness (QED) is 0.374. The Kier molecular flexibility index (Phi) is 6.16. The lowest BCUT2D eigenvalue weighted by molar-refractivity contribution is -0.384. The fourth-order valence-corrected chi connectivity index (χ4v) is 3.86. The minimum Gasteiger partial charge on any atom is -0.451 e. The molecule has 1 amide bonds. The Balaban J connectivity index is 1.48. The largest absolute Gasteiger partial charge is 0.451 e. The molecular weight excluding hydrogens is 473 g/mol. The molecule has 2 aromatic carbocycles. The van der Waals surface area contributed by atoms with E-state index in [1.807, 2.05) is 0 Å². The van der Waals surface area contributed by atoms with Gasteiger partial charge in [0.05, 0.1) is 21.0 Å². The molecule has 0 radical (unpaired) electrons. The van der Waals surface area contributed by atoms with Crippen molar-refractivity contribution in [3.05, 3.63) is 86.1 Å². The number of anilines is 1. The van der Waals surface area contributed by atoms with Crippen LogP contribution >= 0.6 is 0 Å². The topological polar surface area (TPSA) is 123 Å². The fraction of sp³-hybridized carbons (Fsp3) is 0.227. The third kappa shape index (κ3) is 4.78. The van der Waals surface area contributed by atoms with E-state index >= 15 is 0 Å². The van der Waals surface area contributed by atoms with Crippen LogP contribution in [-0.4, -0.2) is 46.8 Å². The molecular formula is C22H17F3N4O6. The van der Waals surface area contributed by atoms with Crippen LogP contribution in [0.3, 0.4) is 0 Å². The smallest absolute Gasteiger partial charge is 0.416 e. The van der Waals surface area contributed by atoms with Crippen molar-refractivity contribution in [2.24, 2.45) is 0 Å². The van der Waals surface area contributed by atoms with Crippen molar-refractivity contribution in [1.29, 1.82) is 0 Å². The summed E-state index contributed by atoms with van der Waals surface area (Å²) < 4.78 is 44.4. The summed E-state index contributed by atoms with van der Waals surface area (Å²) in [5.74, 6) is -0.358. The van der Waals surface area contributed by atoms with E-state index in [-0.39, 0.29) is 54.6 Å². The molecule has 0 spiro atoms. The summed E-state index contributed by atoms with van der Waals surface area (Å²) in [7, 11) is 0. The zero-order valence-corrected chi connectivity index (χ0v) is 17.9. The van der Waals surface area contributed by atoms with Crippen LogP contribution in [0.25, 0.3) is 11.3 Å². The maximum absolute atomic E-state index is 13.0. The molecule has 35 heavy (non-hydrogen) atoms. The van der Waals surface area contributed by atoms with Crippen molar-refractivity contribution in [3.63, 3.8) is 0 Å². The van der Waals surface area contributed by atoms with Gasteiger partial charge in [-0.1, -0.05) is 12.1 Å². The molecule has 0 aliphatic carbocycles. The molecule has 10 nitrogen and oxygen atoms in total. The Labute approximate surface area is 195 Å². The number of hydrogen-bond acceptors (Lipinski definition) is 7. The number of nitrogens with zero attached hydrogens (tertiary/aromatic N) is 4. The number of para-hydroxylation sites is 1. The van der Waals surface area contributed by atoms with Gasteiger partial charge in [-0.2, -0.15) is 13.2 Å². The van der Waals surface area contributed by atoms with Gasteiger partial charge in [-0.25, -0.2) is 0 Å². The summed E-state index contributed by atoms with van der Waals surface area (Å²) in [6.45, 7) is 0.572. The molecule has 1 saturated heterocycles. The van der Waals surface area contributed by atoms with Gasteiger partial charge in [0.1, 0.15) is 11.4 Å². The number of hydrogen-bond donors (Lipinski definition) is 0. The van der Waals surface area contributed by atoms with Gasteiger partial charge in [-0.05, 0) is 30.3 Å². The number of benzene rings is 2. The maximum atomic E-state index is 13.0. The minimum atomic E-state index is -4.71. The summed E-state index contributed by atoms with van der Waals surface area (Å²) in [5.41, 5.74) is -1.70. The third-order valence-electron chi connectivity index (χ3n) is 5.59. The zero-order chi connectivity index (χ0) is 25.3. The number of nitro benzene ring substituents is 2. The van der Waals surface area contributed by atoms with Crippen LogP contribution in [0, 0.1) is 20.2 Å². The van der Waals surface area contributed by atoms with Gasteiger partial charge in [0.2, 0.25) is 0 Å². The number of piperazine rings is 1. The highest BCUT2D eigenvalue weighted by atomic mass is 19.4. The lowest BCUT2D eigenvalue weighted by Crippen LogP contribution is -2.48. The molecule has 1 aromatic heterocycles. The molecule has 1 fully saturated rings. The molecule has 3 aromatic rings. The van der Waals surface area contributed by atoms with E-state index in [9.17, 15) is 38.2 Å². The van der Waals surface area contributed by atoms with Crippen LogP contribution in [0.2, 0.25) is 0 Å². The van der Waals surface area contributed by atoms with Crippen molar-refractivity contribution >= 4 is 23.0 Å². The predicted octanol–water partition coefficient (Wildman–Crippen LogP) is 4.74. The van der Waals surface area contributed by atoms with Crippen molar-refractivity contribution in [2.45, 2.75) is 6.18 Å². The summed E-state index contributed by atoms with van der Waals surface area (Å²) in [4.78, 5) is 37.1. The molecule has 0 unspecified atom stereocenters. The molecule has 4 rings (SSSR count). The highest BCUT2D eigenvalue weighted by Gasteiger charge is 2.34. The monoisotopic (exact) mass is 490 g/mol. The van der Waals surface area contributed by atoms with Gasteiger partial charge >= 0.3 is 6.18 Å². The predicted molar refractivity (Wildman–Crippen MR) is 117 cm³/mol. The van der Waals surface area contributed by atoms with Gasteiger partial charge < -0.3 is 14.2 Å². The first-order valence-electron chi connectivity index (χ1n) is 10.3. The summed E-state index contributed by atoms with van der Waals surface area (Å²) in [6, 6.07) is 11.1. The van der Waals surface area contributed by atoms with Gasteiger partial charge in [-0.3, -0.25) is 25.0 Å².